The topological polar surface area (TPSA) is 0 Å². The second-order valence-corrected chi connectivity index (χ2v) is 7.99. The van der Waals surface area contributed by atoms with E-state index in [1.165, 1.54) is 81.8 Å². The highest BCUT2D eigenvalue weighted by atomic mass is 35.5. The van der Waals surface area contributed by atoms with E-state index in [0.717, 1.165) is 12.8 Å². The van der Waals surface area contributed by atoms with Crippen molar-refractivity contribution in [2.24, 2.45) is 0 Å². The third-order valence-corrected chi connectivity index (χ3v) is 6.16. The number of alkyl halides is 1. The minimum absolute atomic E-state index is 0.172. The van der Waals surface area contributed by atoms with E-state index in [4.69, 9.17) is 11.6 Å². The second-order valence-electron chi connectivity index (χ2n) is 7.26. The summed E-state index contributed by atoms with van der Waals surface area (Å²) in [5.41, 5.74) is 2.84. The van der Waals surface area contributed by atoms with Crippen LogP contribution in [0.4, 0.5) is 0 Å². The lowest BCUT2D eigenvalue weighted by atomic mass is 9.87. The van der Waals surface area contributed by atoms with Gasteiger partial charge in [0.15, 0.2) is 0 Å². The SMILES string of the molecule is CCCCCCCCCCCCc1ccccc1C(Cl)(CC)CC. The van der Waals surface area contributed by atoms with Gasteiger partial charge < -0.3 is 0 Å². The van der Waals surface area contributed by atoms with Crippen molar-refractivity contribution >= 4 is 11.6 Å². The van der Waals surface area contributed by atoms with Gasteiger partial charge in [0.1, 0.15) is 0 Å². The van der Waals surface area contributed by atoms with E-state index in [2.05, 4.69) is 45.0 Å². The lowest BCUT2D eigenvalue weighted by molar-refractivity contribution is 0.546. The Morgan fingerprint density at radius 1 is 0.708 bits per heavy atom. The van der Waals surface area contributed by atoms with Gasteiger partial charge in [-0.15, -0.1) is 11.6 Å². The summed E-state index contributed by atoms with van der Waals surface area (Å²) in [6.07, 6.45) is 17.1. The van der Waals surface area contributed by atoms with Crippen LogP contribution in [0.2, 0.25) is 0 Å². The summed E-state index contributed by atoms with van der Waals surface area (Å²) < 4.78 is 0. The van der Waals surface area contributed by atoms with Crippen molar-refractivity contribution in [1.82, 2.24) is 0 Å². The van der Waals surface area contributed by atoms with Gasteiger partial charge in [0.05, 0.1) is 4.87 Å². The Hall–Kier alpha value is -0.490. The zero-order chi connectivity index (χ0) is 17.7. The fraction of sp³-hybridized carbons (Fsp3) is 0.739. The van der Waals surface area contributed by atoms with E-state index in [-0.39, 0.29) is 4.87 Å². The predicted molar refractivity (Wildman–Crippen MR) is 110 cm³/mol. The van der Waals surface area contributed by atoms with Crippen LogP contribution in [0.1, 0.15) is 109 Å². The molecule has 0 aliphatic carbocycles. The number of hydrogen-bond acceptors (Lipinski definition) is 0. The fourth-order valence-electron chi connectivity index (χ4n) is 3.61. The molecule has 0 nitrogen and oxygen atoms in total. The van der Waals surface area contributed by atoms with Crippen molar-refractivity contribution in [1.29, 1.82) is 0 Å². The monoisotopic (exact) mass is 350 g/mol. The average Bonchev–Trinajstić information content (AvgIpc) is 2.63. The molecule has 0 radical (unpaired) electrons. The van der Waals surface area contributed by atoms with Crippen LogP contribution in [0.15, 0.2) is 24.3 Å². The minimum Gasteiger partial charge on any atom is -0.114 e. The first-order chi connectivity index (χ1) is 11.7. The average molecular weight is 351 g/mol. The molecule has 0 bridgehead atoms. The predicted octanol–water partition coefficient (Wildman–Crippen LogP) is 8.40. The van der Waals surface area contributed by atoms with Gasteiger partial charge in [0.25, 0.3) is 0 Å². The number of halogens is 1. The molecule has 1 aromatic carbocycles. The van der Waals surface area contributed by atoms with Gasteiger partial charge in [-0.05, 0) is 36.8 Å². The quantitative estimate of drug-likeness (QED) is 0.233. The van der Waals surface area contributed by atoms with E-state index < -0.39 is 0 Å². The second kappa shape index (κ2) is 12.8. The maximum absolute atomic E-state index is 6.87. The molecular weight excluding hydrogens is 312 g/mol. The zero-order valence-corrected chi connectivity index (χ0v) is 17.1. The van der Waals surface area contributed by atoms with Gasteiger partial charge in [-0.1, -0.05) is 103 Å². The highest BCUT2D eigenvalue weighted by Crippen LogP contribution is 2.38. The molecule has 0 saturated heterocycles. The van der Waals surface area contributed by atoms with Gasteiger partial charge in [-0.25, -0.2) is 0 Å². The maximum Gasteiger partial charge on any atom is 0.0692 e. The molecule has 24 heavy (non-hydrogen) atoms. The van der Waals surface area contributed by atoms with Crippen LogP contribution in [0, 0.1) is 0 Å². The molecule has 0 aliphatic rings. The molecule has 1 rings (SSSR count). The van der Waals surface area contributed by atoms with E-state index >= 15 is 0 Å². The number of rotatable bonds is 14. The van der Waals surface area contributed by atoms with Crippen molar-refractivity contribution in [3.63, 3.8) is 0 Å². The summed E-state index contributed by atoms with van der Waals surface area (Å²) >= 11 is 6.87. The van der Waals surface area contributed by atoms with Crippen LogP contribution in [-0.2, 0) is 11.3 Å². The van der Waals surface area contributed by atoms with Crippen molar-refractivity contribution in [3.05, 3.63) is 35.4 Å². The van der Waals surface area contributed by atoms with Gasteiger partial charge in [0.2, 0.25) is 0 Å². The first-order valence-corrected chi connectivity index (χ1v) is 10.8. The number of unbranched alkanes of at least 4 members (excludes halogenated alkanes) is 9. The third-order valence-electron chi connectivity index (χ3n) is 5.42. The molecule has 0 aromatic heterocycles. The molecule has 1 heteroatoms. The van der Waals surface area contributed by atoms with E-state index in [1.807, 2.05) is 0 Å². The number of aryl methyl sites for hydroxylation is 1. The molecule has 1 aromatic rings. The molecule has 0 N–H and O–H groups in total. The van der Waals surface area contributed by atoms with E-state index in [1.54, 1.807) is 0 Å². The maximum atomic E-state index is 6.87. The van der Waals surface area contributed by atoms with Gasteiger partial charge in [-0.3, -0.25) is 0 Å². The Kier molecular flexibility index (Phi) is 11.5. The summed E-state index contributed by atoms with van der Waals surface area (Å²) in [5, 5.41) is 0. The first kappa shape index (κ1) is 21.6. The Balaban J connectivity index is 2.26. The summed E-state index contributed by atoms with van der Waals surface area (Å²) in [6.45, 7) is 6.69. The van der Waals surface area contributed by atoms with Crippen LogP contribution in [0.5, 0.6) is 0 Å². The van der Waals surface area contributed by atoms with Gasteiger partial charge >= 0.3 is 0 Å². The lowest BCUT2D eigenvalue weighted by Crippen LogP contribution is -2.18. The van der Waals surface area contributed by atoms with Crippen molar-refractivity contribution in [2.75, 3.05) is 0 Å². The number of benzene rings is 1. The smallest absolute Gasteiger partial charge is 0.0692 e. The lowest BCUT2D eigenvalue weighted by Gasteiger charge is -2.27. The van der Waals surface area contributed by atoms with Crippen molar-refractivity contribution < 1.29 is 0 Å². The summed E-state index contributed by atoms with van der Waals surface area (Å²) in [5.74, 6) is 0. The van der Waals surface area contributed by atoms with Crippen molar-refractivity contribution in [2.45, 2.75) is 109 Å². The Labute approximate surface area is 156 Å². The van der Waals surface area contributed by atoms with Crippen LogP contribution >= 0.6 is 11.6 Å². The highest BCUT2D eigenvalue weighted by Gasteiger charge is 2.27. The Bertz CT molecular complexity index is 420. The molecular formula is C23H39Cl. The molecule has 0 spiro atoms. The summed E-state index contributed by atoms with van der Waals surface area (Å²) in [6, 6.07) is 8.83. The Morgan fingerprint density at radius 3 is 1.75 bits per heavy atom. The largest absolute Gasteiger partial charge is 0.114 e. The minimum atomic E-state index is -0.172. The zero-order valence-electron chi connectivity index (χ0n) is 16.4. The van der Waals surface area contributed by atoms with Crippen LogP contribution < -0.4 is 0 Å². The normalized spacial score (nSPS) is 11.8. The molecule has 0 amide bonds. The summed E-state index contributed by atoms with van der Waals surface area (Å²) in [4.78, 5) is -0.172. The number of hydrogen-bond donors (Lipinski definition) is 0. The first-order valence-electron chi connectivity index (χ1n) is 10.4. The molecule has 0 saturated carbocycles. The molecule has 0 fully saturated rings. The van der Waals surface area contributed by atoms with Crippen LogP contribution in [-0.4, -0.2) is 0 Å². The molecule has 0 unspecified atom stereocenters. The van der Waals surface area contributed by atoms with E-state index in [0.29, 0.717) is 0 Å². The van der Waals surface area contributed by atoms with Gasteiger partial charge in [-0.2, -0.15) is 0 Å². The molecule has 0 aliphatic heterocycles. The van der Waals surface area contributed by atoms with Crippen molar-refractivity contribution in [3.8, 4) is 0 Å². The van der Waals surface area contributed by atoms with Crippen LogP contribution in [0.25, 0.3) is 0 Å². The highest BCUT2D eigenvalue weighted by molar-refractivity contribution is 6.24. The Morgan fingerprint density at radius 2 is 1.21 bits per heavy atom. The summed E-state index contributed by atoms with van der Waals surface area (Å²) in [7, 11) is 0. The fourth-order valence-corrected chi connectivity index (χ4v) is 3.79. The standard InChI is InChI=1S/C23H39Cl/c1-4-7-8-9-10-11-12-13-14-15-18-21-19-16-17-20-22(21)23(24,5-2)6-3/h16-17,19-20H,4-15,18H2,1-3H3. The third kappa shape index (κ3) is 7.60. The van der Waals surface area contributed by atoms with Gasteiger partial charge in [0, 0.05) is 0 Å². The van der Waals surface area contributed by atoms with E-state index in [9.17, 15) is 0 Å². The van der Waals surface area contributed by atoms with Crippen LogP contribution in [0.3, 0.4) is 0 Å². The molecule has 0 atom stereocenters. The molecule has 138 valence electrons. The molecule has 0 heterocycles.